The van der Waals surface area contributed by atoms with Crippen LogP contribution in [0.15, 0.2) is 144 Å². The predicted octanol–water partition coefficient (Wildman–Crippen LogP) is 10.8. The van der Waals surface area contributed by atoms with E-state index in [9.17, 15) is 0 Å². The highest BCUT2D eigenvalue weighted by Crippen LogP contribution is 2.41. The van der Waals surface area contributed by atoms with Gasteiger partial charge in [-0.25, -0.2) is 15.0 Å². The second-order valence-corrected chi connectivity index (χ2v) is 11.9. The summed E-state index contributed by atoms with van der Waals surface area (Å²) in [5.41, 5.74) is 6.86. The molecule has 0 aliphatic heterocycles. The molecular weight excluding hydrogens is 559 g/mol. The molecule has 3 heterocycles. The van der Waals surface area contributed by atoms with Gasteiger partial charge in [0, 0.05) is 47.6 Å². The smallest absolute Gasteiger partial charge is 0.164 e. The van der Waals surface area contributed by atoms with Crippen LogP contribution in [0.2, 0.25) is 0 Å². The molecule has 0 bridgehead atoms. The minimum atomic E-state index is 0.626. The van der Waals surface area contributed by atoms with Gasteiger partial charge >= 0.3 is 0 Å². The summed E-state index contributed by atoms with van der Waals surface area (Å²) in [4.78, 5) is 14.7. The first kappa shape index (κ1) is 24.9. The Hall–Kier alpha value is -5.65. The van der Waals surface area contributed by atoms with Gasteiger partial charge < -0.3 is 4.42 Å². The summed E-state index contributed by atoms with van der Waals surface area (Å²) >= 11 is 1.84. The molecule has 0 N–H and O–H groups in total. The molecule has 0 aliphatic rings. The third-order valence-electron chi connectivity index (χ3n) is 8.14. The number of furan rings is 1. The standard InChI is InChI=1S/C39H23N3OS/c1-3-10-24(11-4-1)37-40-38(25-12-5-2-6-13-25)42-39(41-37)27-19-21-32-31(22-27)29-20-18-26(23-33(29)43-32)28-15-9-17-35-36(28)30-14-7-8-16-34(30)44-35/h1-23H. The third kappa shape index (κ3) is 4.09. The van der Waals surface area contributed by atoms with E-state index < -0.39 is 0 Å². The summed E-state index contributed by atoms with van der Waals surface area (Å²) < 4.78 is 9.02. The number of benzene rings is 6. The molecule has 0 radical (unpaired) electrons. The molecule has 4 nitrogen and oxygen atoms in total. The Kier molecular flexibility index (Phi) is 5.64. The molecule has 0 unspecified atom stereocenters. The van der Waals surface area contributed by atoms with Gasteiger partial charge in [-0.2, -0.15) is 0 Å². The van der Waals surface area contributed by atoms with E-state index in [0.717, 1.165) is 44.2 Å². The lowest BCUT2D eigenvalue weighted by Gasteiger charge is -2.08. The Morgan fingerprint density at radius 2 is 1.05 bits per heavy atom. The topological polar surface area (TPSA) is 51.8 Å². The van der Waals surface area contributed by atoms with Crippen LogP contribution < -0.4 is 0 Å². The van der Waals surface area contributed by atoms with Crippen molar-refractivity contribution in [1.82, 2.24) is 15.0 Å². The van der Waals surface area contributed by atoms with Gasteiger partial charge in [-0.1, -0.05) is 97.1 Å². The largest absolute Gasteiger partial charge is 0.456 e. The maximum Gasteiger partial charge on any atom is 0.164 e. The van der Waals surface area contributed by atoms with Crippen molar-refractivity contribution in [2.45, 2.75) is 0 Å². The number of hydrogen-bond donors (Lipinski definition) is 0. The number of hydrogen-bond acceptors (Lipinski definition) is 5. The van der Waals surface area contributed by atoms with E-state index in [1.807, 2.05) is 84.1 Å². The Bertz CT molecular complexity index is 2440. The zero-order chi connectivity index (χ0) is 29.0. The molecule has 3 aromatic heterocycles. The van der Waals surface area contributed by atoms with E-state index in [0.29, 0.717) is 17.5 Å². The SMILES string of the molecule is c1ccc(-c2nc(-c3ccccc3)nc(-c3ccc4oc5cc(-c6cccc7sc8ccccc8c67)ccc5c4c3)n2)cc1. The normalized spacial score (nSPS) is 11.6. The van der Waals surface area contributed by atoms with Crippen molar-refractivity contribution in [3.8, 4) is 45.3 Å². The van der Waals surface area contributed by atoms with Gasteiger partial charge in [0.05, 0.1) is 0 Å². The molecule has 0 saturated heterocycles. The van der Waals surface area contributed by atoms with Gasteiger partial charge in [0.1, 0.15) is 11.2 Å². The van der Waals surface area contributed by atoms with Gasteiger partial charge in [0.2, 0.25) is 0 Å². The number of thiophene rings is 1. The highest BCUT2D eigenvalue weighted by Gasteiger charge is 2.16. The zero-order valence-electron chi connectivity index (χ0n) is 23.4. The Morgan fingerprint density at radius 1 is 0.409 bits per heavy atom. The van der Waals surface area contributed by atoms with E-state index in [2.05, 4.69) is 66.7 Å². The minimum absolute atomic E-state index is 0.626. The van der Waals surface area contributed by atoms with Crippen molar-refractivity contribution in [1.29, 1.82) is 0 Å². The average Bonchev–Trinajstić information content (AvgIpc) is 3.66. The van der Waals surface area contributed by atoms with Crippen molar-refractivity contribution < 1.29 is 4.42 Å². The van der Waals surface area contributed by atoms with Crippen molar-refractivity contribution in [2.24, 2.45) is 0 Å². The first-order valence-electron chi connectivity index (χ1n) is 14.5. The first-order valence-corrected chi connectivity index (χ1v) is 15.3. The summed E-state index contributed by atoms with van der Waals surface area (Å²) in [6, 6.07) is 48.0. The summed E-state index contributed by atoms with van der Waals surface area (Å²) in [6.45, 7) is 0. The van der Waals surface area contributed by atoms with E-state index in [1.54, 1.807) is 0 Å². The van der Waals surface area contributed by atoms with Crippen molar-refractivity contribution in [2.75, 3.05) is 0 Å². The monoisotopic (exact) mass is 581 g/mol. The number of rotatable bonds is 4. The highest BCUT2D eigenvalue weighted by atomic mass is 32.1. The van der Waals surface area contributed by atoms with Gasteiger partial charge in [-0.15, -0.1) is 11.3 Å². The third-order valence-corrected chi connectivity index (χ3v) is 9.28. The lowest BCUT2D eigenvalue weighted by molar-refractivity contribution is 0.669. The van der Waals surface area contributed by atoms with Crippen molar-refractivity contribution in [3.05, 3.63) is 140 Å². The van der Waals surface area contributed by atoms with E-state index >= 15 is 0 Å². The summed E-state index contributed by atoms with van der Waals surface area (Å²) in [5, 5.41) is 4.68. The Balaban J connectivity index is 1.19. The molecule has 5 heteroatoms. The van der Waals surface area contributed by atoms with Crippen molar-refractivity contribution in [3.63, 3.8) is 0 Å². The minimum Gasteiger partial charge on any atom is -0.456 e. The van der Waals surface area contributed by atoms with Crippen LogP contribution in [-0.4, -0.2) is 15.0 Å². The number of fused-ring (bicyclic) bond motifs is 6. The lowest BCUT2D eigenvalue weighted by Crippen LogP contribution is -2.00. The van der Waals surface area contributed by atoms with E-state index in [1.165, 1.54) is 25.7 Å². The second-order valence-electron chi connectivity index (χ2n) is 10.8. The van der Waals surface area contributed by atoms with Crippen molar-refractivity contribution >= 4 is 53.4 Å². The quantitative estimate of drug-likeness (QED) is 0.207. The molecule has 44 heavy (non-hydrogen) atoms. The Morgan fingerprint density at radius 3 is 1.80 bits per heavy atom. The van der Waals surface area contributed by atoms with Gasteiger partial charge in [0.15, 0.2) is 17.5 Å². The average molecular weight is 582 g/mol. The van der Waals surface area contributed by atoms with Crippen LogP contribution in [0.5, 0.6) is 0 Å². The molecule has 0 atom stereocenters. The van der Waals surface area contributed by atoms with Gasteiger partial charge in [0.25, 0.3) is 0 Å². The highest BCUT2D eigenvalue weighted by molar-refractivity contribution is 7.25. The fraction of sp³-hybridized carbons (Fsp3) is 0. The molecule has 0 spiro atoms. The number of nitrogens with zero attached hydrogens (tertiary/aromatic N) is 3. The first-order chi connectivity index (χ1) is 21.8. The van der Waals surface area contributed by atoms with E-state index in [-0.39, 0.29) is 0 Å². The fourth-order valence-corrected chi connectivity index (χ4v) is 7.17. The molecule has 9 rings (SSSR count). The molecule has 0 amide bonds. The van der Waals surface area contributed by atoms with Crippen LogP contribution in [0.3, 0.4) is 0 Å². The molecule has 0 aliphatic carbocycles. The molecule has 0 saturated carbocycles. The van der Waals surface area contributed by atoms with Gasteiger partial charge in [-0.3, -0.25) is 0 Å². The van der Waals surface area contributed by atoms with Crippen LogP contribution in [0.25, 0.3) is 87.4 Å². The molecule has 6 aromatic carbocycles. The lowest BCUT2D eigenvalue weighted by atomic mass is 9.98. The summed E-state index contributed by atoms with van der Waals surface area (Å²) in [6.07, 6.45) is 0. The Labute approximate surface area is 256 Å². The van der Waals surface area contributed by atoms with Gasteiger partial charge in [-0.05, 0) is 53.6 Å². The molecule has 0 fully saturated rings. The summed E-state index contributed by atoms with van der Waals surface area (Å²) in [5.74, 6) is 1.92. The number of aromatic nitrogens is 3. The second kappa shape index (κ2) is 9.97. The summed E-state index contributed by atoms with van der Waals surface area (Å²) in [7, 11) is 0. The van der Waals surface area contributed by atoms with Crippen LogP contribution in [-0.2, 0) is 0 Å². The molecular formula is C39H23N3OS. The zero-order valence-corrected chi connectivity index (χ0v) is 24.3. The fourth-order valence-electron chi connectivity index (χ4n) is 6.04. The van der Waals surface area contributed by atoms with E-state index in [4.69, 9.17) is 19.4 Å². The predicted molar refractivity (Wildman–Crippen MR) is 182 cm³/mol. The maximum absolute atomic E-state index is 6.42. The van der Waals surface area contributed by atoms with Crippen LogP contribution in [0.1, 0.15) is 0 Å². The molecule has 206 valence electrons. The maximum atomic E-state index is 6.42. The van der Waals surface area contributed by atoms with Crippen LogP contribution in [0.4, 0.5) is 0 Å². The van der Waals surface area contributed by atoms with Crippen LogP contribution in [0, 0.1) is 0 Å². The molecule has 9 aromatic rings. The van der Waals surface area contributed by atoms with Crippen LogP contribution >= 0.6 is 11.3 Å².